The fraction of sp³-hybridized carbons (Fsp3) is 0.0286. The molecule has 0 aliphatic heterocycles. The number of methoxy groups -OCH3 is 1. The standard InChI is InChI=1S/C35H26N4O7S2/c1-46-31-17-9-8-16-25(31)37-27-19-29-26(21-33(27)48(43,44)45)38-35-24-15-10-18-32(47(40,41)42)34(24)28(36-22-11-4-2-5-12-22)20-30(35)39(29)23-13-6-3-7-14-23/h2-21H,1H3,(H3,36,37,40,41,42,43,44,45)/p+1. The summed E-state index contributed by atoms with van der Waals surface area (Å²) in [6.07, 6.45) is 0. The second kappa shape index (κ2) is 11.9. The highest BCUT2D eigenvalue weighted by molar-refractivity contribution is 7.86. The molecule has 13 heteroatoms. The Hall–Kier alpha value is -5.60. The Labute approximate surface area is 275 Å². The minimum atomic E-state index is -4.78. The Bertz CT molecular complexity index is 2600. The molecule has 0 saturated heterocycles. The Morgan fingerprint density at radius 3 is 1.98 bits per heavy atom. The highest BCUT2D eigenvalue weighted by atomic mass is 32.2. The average Bonchev–Trinajstić information content (AvgIpc) is 3.07. The SMILES string of the molecule is COc1ccccc1Nc1cc2c(cc1S(=O)(=O)O)nc1c3cccc(S(=O)(=O)O)c3c(Nc3ccccc3)cc1[n+]2-c1ccccc1. The van der Waals surface area contributed by atoms with Crippen molar-refractivity contribution in [2.45, 2.75) is 9.79 Å². The topological polar surface area (TPSA) is 159 Å². The highest BCUT2D eigenvalue weighted by Gasteiger charge is 2.29. The zero-order chi connectivity index (χ0) is 33.6. The minimum Gasteiger partial charge on any atom is -0.495 e. The predicted molar refractivity (Wildman–Crippen MR) is 184 cm³/mol. The van der Waals surface area contributed by atoms with Crippen LogP contribution >= 0.6 is 0 Å². The number of hydrogen-bond donors (Lipinski definition) is 4. The third kappa shape index (κ3) is 5.65. The second-order valence-corrected chi connectivity index (χ2v) is 13.6. The quantitative estimate of drug-likeness (QED) is 0.0582. The third-order valence-corrected chi connectivity index (χ3v) is 9.65. The average molecular weight is 680 g/mol. The van der Waals surface area contributed by atoms with E-state index in [1.807, 2.05) is 65.2 Å². The fourth-order valence-corrected chi connectivity index (χ4v) is 7.21. The third-order valence-electron chi connectivity index (χ3n) is 7.86. The number of ether oxygens (including phenoxy) is 1. The van der Waals surface area contributed by atoms with E-state index in [0.717, 1.165) is 0 Å². The van der Waals surface area contributed by atoms with Gasteiger partial charge in [-0.15, -0.1) is 4.57 Å². The zero-order valence-electron chi connectivity index (χ0n) is 25.2. The summed E-state index contributed by atoms with van der Waals surface area (Å²) in [6.45, 7) is 0. The van der Waals surface area contributed by atoms with Gasteiger partial charge >= 0.3 is 0 Å². The summed E-state index contributed by atoms with van der Waals surface area (Å²) in [5.74, 6) is 0.448. The molecule has 0 aliphatic carbocycles. The predicted octanol–water partition coefficient (Wildman–Crippen LogP) is 6.81. The number of hydrogen-bond acceptors (Lipinski definition) is 8. The van der Waals surface area contributed by atoms with Crippen LogP contribution in [-0.4, -0.2) is 38.0 Å². The Morgan fingerprint density at radius 2 is 1.29 bits per heavy atom. The molecule has 0 amide bonds. The van der Waals surface area contributed by atoms with Gasteiger partial charge in [-0.2, -0.15) is 16.8 Å². The molecule has 0 fully saturated rings. The zero-order valence-corrected chi connectivity index (χ0v) is 26.8. The van der Waals surface area contributed by atoms with E-state index in [9.17, 15) is 25.9 Å². The van der Waals surface area contributed by atoms with Crippen LogP contribution in [0.2, 0.25) is 0 Å². The van der Waals surface area contributed by atoms with Crippen molar-refractivity contribution in [2.75, 3.05) is 17.7 Å². The number of benzene rings is 6. The van der Waals surface area contributed by atoms with E-state index in [2.05, 4.69) is 10.6 Å². The summed E-state index contributed by atoms with van der Waals surface area (Å²) < 4.78 is 78.9. The van der Waals surface area contributed by atoms with Gasteiger partial charge in [0.1, 0.15) is 26.6 Å². The van der Waals surface area contributed by atoms with Crippen LogP contribution in [0.4, 0.5) is 22.7 Å². The van der Waals surface area contributed by atoms with Gasteiger partial charge in [0.2, 0.25) is 16.7 Å². The molecule has 6 aromatic carbocycles. The Balaban J connectivity index is 1.64. The van der Waals surface area contributed by atoms with Crippen LogP contribution in [0.15, 0.2) is 131 Å². The lowest BCUT2D eigenvalue weighted by atomic mass is 10.0. The smallest absolute Gasteiger partial charge is 0.296 e. The number of fused-ring (bicyclic) bond motifs is 4. The van der Waals surface area contributed by atoms with E-state index in [1.54, 1.807) is 42.5 Å². The molecule has 7 rings (SSSR count). The molecule has 0 unspecified atom stereocenters. The summed E-state index contributed by atoms with van der Waals surface area (Å²) in [7, 11) is -7.98. The van der Waals surface area contributed by atoms with Crippen molar-refractivity contribution in [3.8, 4) is 11.4 Å². The maximum absolute atomic E-state index is 12.8. The van der Waals surface area contributed by atoms with Gasteiger partial charge in [0, 0.05) is 40.7 Å². The van der Waals surface area contributed by atoms with Crippen LogP contribution < -0.4 is 19.9 Å². The fourth-order valence-electron chi connectivity index (χ4n) is 5.84. The van der Waals surface area contributed by atoms with Gasteiger partial charge in [-0.05, 0) is 36.4 Å². The first-order valence-electron chi connectivity index (χ1n) is 14.5. The summed E-state index contributed by atoms with van der Waals surface area (Å²) in [5.41, 5.74) is 3.77. The lowest BCUT2D eigenvalue weighted by molar-refractivity contribution is -0.538. The molecule has 0 atom stereocenters. The van der Waals surface area contributed by atoms with Gasteiger partial charge in [-0.3, -0.25) is 9.11 Å². The van der Waals surface area contributed by atoms with Gasteiger partial charge < -0.3 is 15.4 Å². The van der Waals surface area contributed by atoms with Crippen LogP contribution in [-0.2, 0) is 20.2 Å². The van der Waals surface area contributed by atoms with Crippen LogP contribution in [0, 0.1) is 0 Å². The van der Waals surface area contributed by atoms with E-state index >= 15 is 0 Å². The monoisotopic (exact) mass is 679 g/mol. The lowest BCUT2D eigenvalue weighted by Gasteiger charge is -2.16. The van der Waals surface area contributed by atoms with E-state index < -0.39 is 25.1 Å². The summed E-state index contributed by atoms with van der Waals surface area (Å²) in [4.78, 5) is 4.10. The number of nitrogens with zero attached hydrogens (tertiary/aromatic N) is 2. The van der Waals surface area contributed by atoms with Gasteiger partial charge in [0.25, 0.3) is 20.2 Å². The molecule has 0 aliphatic rings. The van der Waals surface area contributed by atoms with Crippen molar-refractivity contribution >= 4 is 75.8 Å². The van der Waals surface area contributed by atoms with Crippen molar-refractivity contribution in [1.29, 1.82) is 0 Å². The summed E-state index contributed by atoms with van der Waals surface area (Å²) in [6, 6.07) is 34.5. The number of para-hydroxylation sites is 4. The van der Waals surface area contributed by atoms with Crippen molar-refractivity contribution in [1.82, 2.24) is 4.98 Å². The van der Waals surface area contributed by atoms with Crippen molar-refractivity contribution in [3.63, 3.8) is 0 Å². The maximum atomic E-state index is 12.8. The van der Waals surface area contributed by atoms with E-state index in [0.29, 0.717) is 50.4 Å². The summed E-state index contributed by atoms with van der Waals surface area (Å²) in [5, 5.41) is 6.97. The molecule has 11 nitrogen and oxygen atoms in total. The number of nitrogens with one attached hydrogen (secondary N) is 2. The molecule has 0 spiro atoms. The number of rotatable bonds is 8. The Kier molecular flexibility index (Phi) is 7.68. The van der Waals surface area contributed by atoms with Crippen LogP contribution in [0.1, 0.15) is 0 Å². The molecule has 0 radical (unpaired) electrons. The molecule has 0 bridgehead atoms. The van der Waals surface area contributed by atoms with Crippen LogP contribution in [0.3, 0.4) is 0 Å². The molecular weight excluding hydrogens is 653 g/mol. The molecule has 240 valence electrons. The molecule has 0 saturated carbocycles. The van der Waals surface area contributed by atoms with E-state index in [1.165, 1.54) is 25.3 Å². The van der Waals surface area contributed by atoms with Crippen molar-refractivity contribution in [2.24, 2.45) is 0 Å². The van der Waals surface area contributed by atoms with E-state index in [-0.39, 0.29) is 21.5 Å². The molecule has 4 N–H and O–H groups in total. The highest BCUT2D eigenvalue weighted by Crippen LogP contribution is 2.39. The molecule has 7 aromatic rings. The minimum absolute atomic E-state index is 0.0671. The first-order chi connectivity index (χ1) is 23.0. The largest absolute Gasteiger partial charge is 0.495 e. The summed E-state index contributed by atoms with van der Waals surface area (Å²) >= 11 is 0. The van der Waals surface area contributed by atoms with Crippen molar-refractivity contribution < 1.29 is 35.2 Å². The van der Waals surface area contributed by atoms with E-state index in [4.69, 9.17) is 9.72 Å². The molecule has 1 heterocycles. The normalized spacial score (nSPS) is 12.0. The Morgan fingerprint density at radius 1 is 0.646 bits per heavy atom. The van der Waals surface area contributed by atoms with Gasteiger partial charge in [-0.25, -0.2) is 4.98 Å². The van der Waals surface area contributed by atoms with Gasteiger partial charge in [0.05, 0.1) is 24.2 Å². The lowest BCUT2D eigenvalue weighted by Crippen LogP contribution is -2.33. The molecular formula is C35H27N4O7S2+. The first-order valence-corrected chi connectivity index (χ1v) is 17.4. The number of anilines is 4. The maximum Gasteiger partial charge on any atom is 0.296 e. The molecule has 1 aromatic heterocycles. The van der Waals surface area contributed by atoms with Gasteiger partial charge in [0.15, 0.2) is 0 Å². The first kappa shape index (κ1) is 31.0. The van der Waals surface area contributed by atoms with Gasteiger partial charge in [-0.1, -0.05) is 60.7 Å². The molecule has 48 heavy (non-hydrogen) atoms. The van der Waals surface area contributed by atoms with Crippen LogP contribution in [0.5, 0.6) is 5.75 Å². The number of aromatic nitrogens is 2. The second-order valence-electron chi connectivity index (χ2n) is 10.9. The van der Waals surface area contributed by atoms with Crippen LogP contribution in [0.25, 0.3) is 38.5 Å². The van der Waals surface area contributed by atoms with Crippen molar-refractivity contribution in [3.05, 3.63) is 121 Å².